The van der Waals surface area contributed by atoms with Gasteiger partial charge in [-0.2, -0.15) is 0 Å². The number of hydrogen-bond donors (Lipinski definition) is 1. The lowest BCUT2D eigenvalue weighted by Gasteiger charge is -2.25. The summed E-state index contributed by atoms with van der Waals surface area (Å²) < 4.78 is 30.2. The summed E-state index contributed by atoms with van der Waals surface area (Å²) in [5, 5.41) is 11.1. The SMILES string of the molecule is COCCN1C(=O)C(=O)C(=C(O)c2ccc(OC)c(F)c2)[C@H]1c1ccc(OCc2ccccc2)cc1. The van der Waals surface area contributed by atoms with Crippen LogP contribution in [-0.4, -0.2) is 49.1 Å². The van der Waals surface area contributed by atoms with Gasteiger partial charge in [0.1, 0.15) is 18.1 Å². The van der Waals surface area contributed by atoms with Crippen molar-refractivity contribution in [3.05, 3.63) is 101 Å². The Balaban J connectivity index is 1.69. The summed E-state index contributed by atoms with van der Waals surface area (Å²) in [5.41, 5.74) is 1.54. The van der Waals surface area contributed by atoms with Crippen LogP contribution in [0.1, 0.15) is 22.7 Å². The third-order valence-electron chi connectivity index (χ3n) is 5.95. The van der Waals surface area contributed by atoms with E-state index in [0.717, 1.165) is 11.6 Å². The average Bonchev–Trinajstić information content (AvgIpc) is 3.16. The predicted molar refractivity (Wildman–Crippen MR) is 131 cm³/mol. The zero-order valence-electron chi connectivity index (χ0n) is 19.9. The Kier molecular flexibility index (Phi) is 7.65. The highest BCUT2D eigenvalue weighted by Crippen LogP contribution is 2.40. The predicted octanol–water partition coefficient (Wildman–Crippen LogP) is 4.48. The van der Waals surface area contributed by atoms with E-state index in [1.807, 2.05) is 30.3 Å². The molecule has 1 fully saturated rings. The van der Waals surface area contributed by atoms with E-state index in [4.69, 9.17) is 14.2 Å². The molecule has 36 heavy (non-hydrogen) atoms. The number of methoxy groups -OCH3 is 2. The van der Waals surface area contributed by atoms with Crippen molar-refractivity contribution in [2.45, 2.75) is 12.6 Å². The van der Waals surface area contributed by atoms with E-state index in [0.29, 0.717) is 17.9 Å². The zero-order valence-corrected chi connectivity index (χ0v) is 19.9. The normalized spacial score (nSPS) is 16.9. The van der Waals surface area contributed by atoms with Gasteiger partial charge in [0.2, 0.25) is 0 Å². The number of nitrogens with zero attached hydrogens (tertiary/aromatic N) is 1. The number of hydrogen-bond acceptors (Lipinski definition) is 6. The summed E-state index contributed by atoms with van der Waals surface area (Å²) in [7, 11) is 2.82. The second-order valence-electron chi connectivity index (χ2n) is 8.18. The number of amides is 1. The molecule has 0 spiro atoms. The topological polar surface area (TPSA) is 85.3 Å². The summed E-state index contributed by atoms with van der Waals surface area (Å²) in [6, 6.07) is 19.6. The molecule has 1 aliphatic heterocycles. The van der Waals surface area contributed by atoms with Gasteiger partial charge in [-0.15, -0.1) is 0 Å². The lowest BCUT2D eigenvalue weighted by Crippen LogP contribution is -2.32. The number of Topliss-reactive ketones (excluding diaryl/α,β-unsaturated/α-hetero) is 1. The quantitative estimate of drug-likeness (QED) is 0.270. The molecule has 1 saturated heterocycles. The van der Waals surface area contributed by atoms with Crippen LogP contribution in [0.25, 0.3) is 5.76 Å². The van der Waals surface area contributed by atoms with Gasteiger partial charge >= 0.3 is 0 Å². The van der Waals surface area contributed by atoms with Crippen LogP contribution in [0.15, 0.2) is 78.4 Å². The smallest absolute Gasteiger partial charge is 0.295 e. The maximum atomic E-state index is 14.3. The molecule has 3 aromatic carbocycles. The van der Waals surface area contributed by atoms with Gasteiger partial charge in [0, 0.05) is 19.2 Å². The maximum absolute atomic E-state index is 14.3. The summed E-state index contributed by atoms with van der Waals surface area (Å²) >= 11 is 0. The molecular formula is C28H26FNO6. The molecule has 0 aromatic heterocycles. The third-order valence-corrected chi connectivity index (χ3v) is 5.95. The molecule has 1 atom stereocenters. The number of ketones is 1. The Morgan fingerprint density at radius 3 is 2.36 bits per heavy atom. The van der Waals surface area contributed by atoms with Crippen LogP contribution in [0.4, 0.5) is 4.39 Å². The molecule has 1 heterocycles. The van der Waals surface area contributed by atoms with Crippen LogP contribution in [-0.2, 0) is 20.9 Å². The van der Waals surface area contributed by atoms with E-state index in [2.05, 4.69) is 0 Å². The van der Waals surface area contributed by atoms with Gasteiger partial charge in [-0.05, 0) is 41.5 Å². The second kappa shape index (κ2) is 11.0. The van der Waals surface area contributed by atoms with E-state index < -0.39 is 29.3 Å². The van der Waals surface area contributed by atoms with Crippen LogP contribution in [0, 0.1) is 5.82 Å². The Morgan fingerprint density at radius 2 is 1.72 bits per heavy atom. The van der Waals surface area contributed by atoms with Gasteiger partial charge in [0.05, 0.1) is 25.3 Å². The minimum Gasteiger partial charge on any atom is -0.507 e. The van der Waals surface area contributed by atoms with Crippen LogP contribution < -0.4 is 9.47 Å². The van der Waals surface area contributed by atoms with Gasteiger partial charge in [-0.1, -0.05) is 42.5 Å². The van der Waals surface area contributed by atoms with Crippen molar-refractivity contribution in [2.24, 2.45) is 0 Å². The van der Waals surface area contributed by atoms with Gasteiger partial charge < -0.3 is 24.2 Å². The average molecular weight is 492 g/mol. The zero-order chi connectivity index (χ0) is 25.7. The number of benzene rings is 3. The Hall–Kier alpha value is -4.17. The molecule has 1 aliphatic rings. The second-order valence-corrected chi connectivity index (χ2v) is 8.18. The lowest BCUT2D eigenvalue weighted by atomic mass is 9.95. The minimum absolute atomic E-state index is 0.00487. The molecule has 1 N–H and O–H groups in total. The summed E-state index contributed by atoms with van der Waals surface area (Å²) in [6.07, 6.45) is 0. The number of halogens is 1. The number of ether oxygens (including phenoxy) is 3. The van der Waals surface area contributed by atoms with E-state index in [1.165, 1.54) is 31.3 Å². The molecule has 3 aromatic rings. The first kappa shape index (κ1) is 24.9. The van der Waals surface area contributed by atoms with Crippen molar-refractivity contribution in [2.75, 3.05) is 27.4 Å². The number of aliphatic hydroxyl groups is 1. The molecule has 0 saturated carbocycles. The largest absolute Gasteiger partial charge is 0.507 e. The molecule has 186 valence electrons. The Labute approximate surface area is 208 Å². The molecule has 0 radical (unpaired) electrons. The molecule has 0 unspecified atom stereocenters. The molecule has 0 aliphatic carbocycles. The minimum atomic E-state index is -0.881. The summed E-state index contributed by atoms with van der Waals surface area (Å²) in [5.74, 6) is -2.19. The fraction of sp³-hybridized carbons (Fsp3) is 0.214. The summed E-state index contributed by atoms with van der Waals surface area (Å²) in [6.45, 7) is 0.709. The van der Waals surface area contributed by atoms with Crippen molar-refractivity contribution in [1.82, 2.24) is 4.90 Å². The number of likely N-dealkylation sites (tertiary alicyclic amines) is 1. The van der Waals surface area contributed by atoms with Crippen LogP contribution in [0.5, 0.6) is 11.5 Å². The fourth-order valence-electron chi connectivity index (χ4n) is 4.10. The Morgan fingerprint density at radius 1 is 1.00 bits per heavy atom. The van der Waals surface area contributed by atoms with E-state index >= 15 is 0 Å². The third kappa shape index (κ3) is 5.08. The monoisotopic (exact) mass is 491 g/mol. The van der Waals surface area contributed by atoms with Crippen molar-refractivity contribution < 1.29 is 33.3 Å². The van der Waals surface area contributed by atoms with E-state index in [9.17, 15) is 19.1 Å². The first-order chi connectivity index (χ1) is 17.4. The number of carbonyl (C=O) groups excluding carboxylic acids is 2. The molecular weight excluding hydrogens is 465 g/mol. The molecule has 7 nitrogen and oxygen atoms in total. The van der Waals surface area contributed by atoms with Crippen LogP contribution in [0.3, 0.4) is 0 Å². The van der Waals surface area contributed by atoms with Crippen molar-refractivity contribution in [3.63, 3.8) is 0 Å². The standard InChI is InChI=1S/C28H26FNO6/c1-34-15-14-30-25(19-8-11-21(12-9-19)36-17-18-6-4-3-5-7-18)24(27(32)28(30)33)26(31)20-10-13-23(35-2)22(29)16-20/h3-13,16,25,31H,14-15,17H2,1-2H3/t25-/m1/s1. The van der Waals surface area contributed by atoms with Gasteiger partial charge in [-0.25, -0.2) is 4.39 Å². The highest BCUT2D eigenvalue weighted by molar-refractivity contribution is 6.46. The van der Waals surface area contributed by atoms with Crippen molar-refractivity contribution in [1.29, 1.82) is 0 Å². The number of rotatable bonds is 9. The highest BCUT2D eigenvalue weighted by Gasteiger charge is 2.45. The molecule has 8 heteroatoms. The molecule has 1 amide bonds. The lowest BCUT2D eigenvalue weighted by molar-refractivity contribution is -0.140. The van der Waals surface area contributed by atoms with Crippen LogP contribution >= 0.6 is 0 Å². The molecule has 0 bridgehead atoms. The number of carbonyl (C=O) groups is 2. The summed E-state index contributed by atoms with van der Waals surface area (Å²) in [4.78, 5) is 27.3. The maximum Gasteiger partial charge on any atom is 0.295 e. The Bertz CT molecular complexity index is 1270. The van der Waals surface area contributed by atoms with Gasteiger partial charge in [0.25, 0.3) is 11.7 Å². The highest BCUT2D eigenvalue weighted by atomic mass is 19.1. The van der Waals surface area contributed by atoms with E-state index in [-0.39, 0.29) is 30.0 Å². The van der Waals surface area contributed by atoms with E-state index in [1.54, 1.807) is 24.3 Å². The molecule has 4 rings (SSSR count). The van der Waals surface area contributed by atoms with Gasteiger partial charge in [-0.3, -0.25) is 9.59 Å². The van der Waals surface area contributed by atoms with Crippen LogP contribution in [0.2, 0.25) is 0 Å². The van der Waals surface area contributed by atoms with Crippen molar-refractivity contribution >= 4 is 17.4 Å². The van der Waals surface area contributed by atoms with Gasteiger partial charge in [0.15, 0.2) is 11.6 Å². The first-order valence-electron chi connectivity index (χ1n) is 11.3. The number of aliphatic hydroxyl groups excluding tert-OH is 1. The van der Waals surface area contributed by atoms with Crippen molar-refractivity contribution in [3.8, 4) is 11.5 Å². The fourth-order valence-corrected chi connectivity index (χ4v) is 4.10. The first-order valence-corrected chi connectivity index (χ1v) is 11.3.